The SMILES string of the molecule is Cc1ccccc1C(=O)NC(C(=O)Nc1ccc(Cl)cc1F)C(C)C. The molecular formula is C19H20ClFN2O2. The Balaban J connectivity index is 2.16. The topological polar surface area (TPSA) is 58.2 Å². The summed E-state index contributed by atoms with van der Waals surface area (Å²) in [4.78, 5) is 25.0. The summed E-state index contributed by atoms with van der Waals surface area (Å²) in [6, 6.07) is 10.3. The molecule has 0 heterocycles. The summed E-state index contributed by atoms with van der Waals surface area (Å²) in [7, 11) is 0. The fourth-order valence-electron chi connectivity index (χ4n) is 2.38. The number of hydrogen-bond acceptors (Lipinski definition) is 2. The molecule has 4 nitrogen and oxygen atoms in total. The maximum Gasteiger partial charge on any atom is 0.252 e. The largest absolute Gasteiger partial charge is 0.340 e. The van der Waals surface area contributed by atoms with Gasteiger partial charge in [0.15, 0.2) is 0 Å². The third-order valence-corrected chi connectivity index (χ3v) is 4.05. The normalized spacial score (nSPS) is 11.9. The van der Waals surface area contributed by atoms with Crippen molar-refractivity contribution in [1.29, 1.82) is 0 Å². The number of nitrogens with one attached hydrogen (secondary N) is 2. The molecule has 0 radical (unpaired) electrons. The summed E-state index contributed by atoms with van der Waals surface area (Å²) in [5.41, 5.74) is 1.33. The van der Waals surface area contributed by atoms with E-state index in [1.54, 1.807) is 26.0 Å². The molecule has 2 rings (SSSR count). The van der Waals surface area contributed by atoms with Crippen molar-refractivity contribution in [3.63, 3.8) is 0 Å². The van der Waals surface area contributed by atoms with E-state index in [4.69, 9.17) is 11.6 Å². The van der Waals surface area contributed by atoms with Gasteiger partial charge in [-0.25, -0.2) is 4.39 Å². The monoisotopic (exact) mass is 362 g/mol. The van der Waals surface area contributed by atoms with E-state index >= 15 is 0 Å². The fraction of sp³-hybridized carbons (Fsp3) is 0.263. The van der Waals surface area contributed by atoms with E-state index < -0.39 is 17.8 Å². The van der Waals surface area contributed by atoms with Crippen LogP contribution in [0.3, 0.4) is 0 Å². The van der Waals surface area contributed by atoms with Gasteiger partial charge in [-0.05, 0) is 42.7 Å². The summed E-state index contributed by atoms with van der Waals surface area (Å²) in [6.45, 7) is 5.43. The molecule has 2 aromatic rings. The number of carbonyl (C=O) groups is 2. The van der Waals surface area contributed by atoms with Gasteiger partial charge in [-0.15, -0.1) is 0 Å². The Morgan fingerprint density at radius 2 is 1.80 bits per heavy atom. The van der Waals surface area contributed by atoms with E-state index in [2.05, 4.69) is 10.6 Å². The minimum Gasteiger partial charge on any atom is -0.340 e. The lowest BCUT2D eigenvalue weighted by Crippen LogP contribution is -2.47. The number of hydrogen-bond donors (Lipinski definition) is 2. The minimum atomic E-state index is -0.804. The number of rotatable bonds is 5. The third-order valence-electron chi connectivity index (χ3n) is 3.81. The highest BCUT2D eigenvalue weighted by molar-refractivity contribution is 6.30. The van der Waals surface area contributed by atoms with Gasteiger partial charge in [0.1, 0.15) is 11.9 Å². The molecule has 0 fully saturated rings. The molecule has 2 N–H and O–H groups in total. The molecule has 0 aromatic heterocycles. The molecule has 2 amide bonds. The highest BCUT2D eigenvalue weighted by Crippen LogP contribution is 2.19. The van der Waals surface area contributed by atoms with Gasteiger partial charge in [0, 0.05) is 10.6 Å². The Hall–Kier alpha value is -2.40. The average molecular weight is 363 g/mol. The summed E-state index contributed by atoms with van der Waals surface area (Å²) >= 11 is 5.71. The Morgan fingerprint density at radius 1 is 1.12 bits per heavy atom. The predicted molar refractivity (Wildman–Crippen MR) is 97.3 cm³/mol. The van der Waals surface area contributed by atoms with E-state index in [-0.39, 0.29) is 22.5 Å². The first kappa shape index (κ1) is 18.9. The van der Waals surface area contributed by atoms with Crippen LogP contribution in [-0.2, 0) is 4.79 Å². The molecule has 0 aliphatic rings. The summed E-state index contributed by atoms with van der Waals surface area (Å²) in [5.74, 6) is -1.64. The summed E-state index contributed by atoms with van der Waals surface area (Å²) in [5, 5.41) is 5.47. The second kappa shape index (κ2) is 8.12. The third kappa shape index (κ3) is 4.79. The standard InChI is InChI=1S/C19H20ClFN2O2/c1-11(2)17(23-18(24)14-7-5-4-6-12(14)3)19(25)22-16-9-8-13(20)10-15(16)21/h4-11,17H,1-3H3,(H,22,25)(H,23,24). The highest BCUT2D eigenvalue weighted by atomic mass is 35.5. The molecule has 0 spiro atoms. The molecule has 2 aromatic carbocycles. The van der Waals surface area contributed by atoms with Crippen molar-refractivity contribution in [3.8, 4) is 0 Å². The number of carbonyl (C=O) groups excluding carboxylic acids is 2. The molecule has 0 aliphatic carbocycles. The van der Waals surface area contributed by atoms with Gasteiger partial charge in [0.25, 0.3) is 5.91 Å². The van der Waals surface area contributed by atoms with E-state index in [1.165, 1.54) is 12.1 Å². The first-order valence-corrected chi connectivity index (χ1v) is 8.29. The van der Waals surface area contributed by atoms with Crippen molar-refractivity contribution in [1.82, 2.24) is 5.32 Å². The Labute approximate surface area is 151 Å². The minimum absolute atomic E-state index is 0.0187. The first-order valence-electron chi connectivity index (χ1n) is 7.92. The maximum absolute atomic E-state index is 13.9. The van der Waals surface area contributed by atoms with Crippen LogP contribution in [0.4, 0.5) is 10.1 Å². The van der Waals surface area contributed by atoms with Gasteiger partial charge in [0.05, 0.1) is 5.69 Å². The molecular weight excluding hydrogens is 343 g/mol. The molecule has 25 heavy (non-hydrogen) atoms. The van der Waals surface area contributed by atoms with Crippen LogP contribution in [0, 0.1) is 18.7 Å². The highest BCUT2D eigenvalue weighted by Gasteiger charge is 2.25. The summed E-state index contributed by atoms with van der Waals surface area (Å²) in [6.07, 6.45) is 0. The van der Waals surface area contributed by atoms with Crippen LogP contribution in [0.5, 0.6) is 0 Å². The summed E-state index contributed by atoms with van der Waals surface area (Å²) < 4.78 is 13.9. The lowest BCUT2D eigenvalue weighted by molar-refractivity contribution is -0.118. The Kier molecular flexibility index (Phi) is 6.15. The van der Waals surface area contributed by atoms with Crippen LogP contribution in [0.1, 0.15) is 29.8 Å². The van der Waals surface area contributed by atoms with Gasteiger partial charge < -0.3 is 10.6 Å². The smallest absolute Gasteiger partial charge is 0.252 e. The average Bonchev–Trinajstić information content (AvgIpc) is 2.55. The van der Waals surface area contributed by atoms with Crippen molar-refractivity contribution in [2.45, 2.75) is 26.8 Å². The van der Waals surface area contributed by atoms with E-state index in [0.29, 0.717) is 5.56 Å². The zero-order chi connectivity index (χ0) is 18.6. The molecule has 0 bridgehead atoms. The maximum atomic E-state index is 13.9. The van der Waals surface area contributed by atoms with Crippen LogP contribution < -0.4 is 10.6 Å². The zero-order valence-corrected chi connectivity index (χ0v) is 15.0. The lowest BCUT2D eigenvalue weighted by atomic mass is 10.0. The van der Waals surface area contributed by atoms with Crippen LogP contribution in [0.2, 0.25) is 5.02 Å². The van der Waals surface area contributed by atoms with Crippen LogP contribution in [-0.4, -0.2) is 17.9 Å². The molecule has 0 saturated carbocycles. The van der Waals surface area contributed by atoms with Gasteiger partial charge in [-0.2, -0.15) is 0 Å². The molecule has 0 saturated heterocycles. The fourth-order valence-corrected chi connectivity index (χ4v) is 2.54. The Morgan fingerprint density at radius 3 is 2.40 bits per heavy atom. The zero-order valence-electron chi connectivity index (χ0n) is 14.3. The lowest BCUT2D eigenvalue weighted by Gasteiger charge is -2.22. The number of amides is 2. The van der Waals surface area contributed by atoms with E-state index in [9.17, 15) is 14.0 Å². The second-order valence-electron chi connectivity index (χ2n) is 6.12. The van der Waals surface area contributed by atoms with Gasteiger partial charge in [0.2, 0.25) is 5.91 Å². The number of aryl methyl sites for hydroxylation is 1. The van der Waals surface area contributed by atoms with Crippen LogP contribution in [0.15, 0.2) is 42.5 Å². The number of benzene rings is 2. The number of anilines is 1. The van der Waals surface area contributed by atoms with Gasteiger partial charge >= 0.3 is 0 Å². The quantitative estimate of drug-likeness (QED) is 0.838. The van der Waals surface area contributed by atoms with Crippen LogP contribution >= 0.6 is 11.6 Å². The van der Waals surface area contributed by atoms with Gasteiger partial charge in [-0.1, -0.05) is 43.6 Å². The Bertz CT molecular complexity index is 793. The molecule has 1 atom stereocenters. The first-order chi connectivity index (χ1) is 11.8. The van der Waals surface area contributed by atoms with Crippen molar-refractivity contribution in [2.75, 3.05) is 5.32 Å². The molecule has 132 valence electrons. The van der Waals surface area contributed by atoms with Crippen molar-refractivity contribution >= 4 is 29.1 Å². The van der Waals surface area contributed by atoms with Crippen molar-refractivity contribution < 1.29 is 14.0 Å². The molecule has 6 heteroatoms. The van der Waals surface area contributed by atoms with Crippen LogP contribution in [0.25, 0.3) is 0 Å². The van der Waals surface area contributed by atoms with E-state index in [0.717, 1.165) is 11.6 Å². The van der Waals surface area contributed by atoms with Gasteiger partial charge in [-0.3, -0.25) is 9.59 Å². The van der Waals surface area contributed by atoms with Crippen molar-refractivity contribution in [3.05, 3.63) is 64.4 Å². The second-order valence-corrected chi connectivity index (χ2v) is 6.56. The molecule has 1 unspecified atom stereocenters. The number of halogens is 2. The van der Waals surface area contributed by atoms with E-state index in [1.807, 2.05) is 19.1 Å². The predicted octanol–water partition coefficient (Wildman–Crippen LogP) is 4.18. The molecule has 0 aliphatic heterocycles. The van der Waals surface area contributed by atoms with Crippen molar-refractivity contribution in [2.24, 2.45) is 5.92 Å².